The Morgan fingerprint density at radius 3 is 2.56 bits per heavy atom. The van der Waals surface area contributed by atoms with Crippen LogP contribution in [0.15, 0.2) is 60.9 Å². The van der Waals surface area contributed by atoms with Crippen molar-refractivity contribution in [2.75, 3.05) is 5.32 Å². The van der Waals surface area contributed by atoms with Crippen LogP contribution in [-0.2, 0) is 6.18 Å². The van der Waals surface area contributed by atoms with Gasteiger partial charge in [-0.3, -0.25) is 9.89 Å². The van der Waals surface area contributed by atoms with Crippen LogP contribution in [0, 0.1) is 0 Å². The number of anilines is 1. The zero-order chi connectivity index (χ0) is 22.3. The number of hydrogen-bond acceptors (Lipinski definition) is 3. The molecule has 0 aliphatic heterocycles. The molecule has 1 aliphatic rings. The molecule has 1 aliphatic carbocycles. The molecule has 164 valence electrons. The highest BCUT2D eigenvalue weighted by molar-refractivity contribution is 6.08. The lowest BCUT2D eigenvalue weighted by molar-refractivity contribution is -0.137. The molecule has 3 N–H and O–H groups in total. The third-order valence-corrected chi connectivity index (χ3v) is 5.75. The lowest BCUT2D eigenvalue weighted by atomic mass is 9.77. The highest BCUT2D eigenvalue weighted by Gasteiger charge is 2.34. The van der Waals surface area contributed by atoms with E-state index < -0.39 is 11.7 Å². The van der Waals surface area contributed by atoms with Gasteiger partial charge in [0, 0.05) is 23.3 Å². The quantitative estimate of drug-likeness (QED) is 0.384. The summed E-state index contributed by atoms with van der Waals surface area (Å²) >= 11 is 0. The molecule has 1 amide bonds. The Kier molecular flexibility index (Phi) is 4.88. The molecule has 9 heteroatoms. The number of alkyl halides is 3. The standard InChI is InChI=1S/C23H19F3N4O2/c24-23(25,26)15-3-1-13(2-4-15)14-9-17(10-14)32-16-5-6-19-18(11-16)21(12-27-19)29-22(31)20-7-8-28-30-20/h1-8,11-12,14,17,27H,9-10H2,(H,28,30)(H,29,31)/t14-,17+. The van der Waals surface area contributed by atoms with Crippen LogP contribution in [-0.4, -0.2) is 27.2 Å². The summed E-state index contributed by atoms with van der Waals surface area (Å²) in [5, 5.41) is 10.1. The van der Waals surface area contributed by atoms with Gasteiger partial charge in [-0.2, -0.15) is 18.3 Å². The third-order valence-electron chi connectivity index (χ3n) is 5.75. The molecule has 1 fully saturated rings. The highest BCUT2D eigenvalue weighted by atomic mass is 19.4. The molecule has 2 aromatic heterocycles. The Labute approximate surface area is 180 Å². The van der Waals surface area contributed by atoms with Gasteiger partial charge in [0.15, 0.2) is 0 Å². The number of fused-ring (bicyclic) bond motifs is 1. The Balaban J connectivity index is 1.23. The molecule has 0 bridgehead atoms. The number of benzene rings is 2. The molecule has 2 heterocycles. The number of carbonyl (C=O) groups excluding carboxylic acids is 1. The van der Waals surface area contributed by atoms with Crippen LogP contribution in [0.2, 0.25) is 0 Å². The van der Waals surface area contributed by atoms with Gasteiger partial charge in [0.05, 0.1) is 17.4 Å². The fraction of sp³-hybridized carbons (Fsp3) is 0.217. The number of aromatic nitrogens is 3. The minimum absolute atomic E-state index is 0.0123. The molecular weight excluding hydrogens is 421 g/mol. The SMILES string of the molecule is O=C(Nc1c[nH]c2ccc(O[C@H]3C[C@@H](c4ccc(C(F)(F)F)cc4)C3)cc12)c1ccn[nH]1. The van der Waals surface area contributed by atoms with Crippen molar-refractivity contribution in [3.63, 3.8) is 0 Å². The van der Waals surface area contributed by atoms with Gasteiger partial charge in [0.25, 0.3) is 5.91 Å². The summed E-state index contributed by atoms with van der Waals surface area (Å²) in [6, 6.07) is 12.5. The van der Waals surface area contributed by atoms with Crippen molar-refractivity contribution >= 4 is 22.5 Å². The number of nitrogens with one attached hydrogen (secondary N) is 3. The fourth-order valence-electron chi connectivity index (χ4n) is 3.92. The first-order valence-electron chi connectivity index (χ1n) is 10.1. The Morgan fingerprint density at radius 2 is 1.88 bits per heavy atom. The average Bonchev–Trinajstić information content (AvgIpc) is 3.40. The Hall–Kier alpha value is -3.75. The third kappa shape index (κ3) is 3.93. The molecule has 0 radical (unpaired) electrons. The maximum absolute atomic E-state index is 12.7. The number of aromatic amines is 2. The first-order valence-corrected chi connectivity index (χ1v) is 10.1. The van der Waals surface area contributed by atoms with Crippen LogP contribution in [0.25, 0.3) is 10.9 Å². The lowest BCUT2D eigenvalue weighted by Crippen LogP contribution is -2.32. The highest BCUT2D eigenvalue weighted by Crippen LogP contribution is 2.41. The number of amides is 1. The van der Waals surface area contributed by atoms with Crippen molar-refractivity contribution in [3.8, 4) is 5.75 Å². The van der Waals surface area contributed by atoms with Gasteiger partial charge in [-0.1, -0.05) is 12.1 Å². The van der Waals surface area contributed by atoms with Gasteiger partial charge in [-0.15, -0.1) is 0 Å². The second-order valence-corrected chi connectivity index (χ2v) is 7.86. The Bertz CT molecular complexity index is 1240. The van der Waals surface area contributed by atoms with E-state index in [4.69, 9.17) is 4.74 Å². The lowest BCUT2D eigenvalue weighted by Gasteiger charge is -2.35. The summed E-state index contributed by atoms with van der Waals surface area (Å²) in [4.78, 5) is 15.4. The minimum atomic E-state index is -4.32. The van der Waals surface area contributed by atoms with Gasteiger partial charge in [0.1, 0.15) is 11.4 Å². The summed E-state index contributed by atoms with van der Waals surface area (Å²) < 4.78 is 44.3. The van der Waals surface area contributed by atoms with Crippen LogP contribution >= 0.6 is 0 Å². The maximum Gasteiger partial charge on any atom is 0.416 e. The number of H-pyrrole nitrogens is 2. The van der Waals surface area contributed by atoms with Gasteiger partial charge in [-0.05, 0) is 60.7 Å². The molecule has 0 atom stereocenters. The zero-order valence-corrected chi connectivity index (χ0v) is 16.7. The molecule has 0 unspecified atom stereocenters. The normalized spacial score (nSPS) is 18.3. The van der Waals surface area contributed by atoms with Crippen LogP contribution in [0.4, 0.5) is 18.9 Å². The van der Waals surface area contributed by atoms with E-state index in [0.29, 0.717) is 17.1 Å². The molecule has 32 heavy (non-hydrogen) atoms. The summed E-state index contributed by atoms with van der Waals surface area (Å²) in [7, 11) is 0. The summed E-state index contributed by atoms with van der Waals surface area (Å²) in [5.41, 5.74) is 2.09. The molecule has 5 rings (SSSR count). The first kappa shape index (κ1) is 20.2. The number of nitrogens with zero attached hydrogens (tertiary/aromatic N) is 1. The summed E-state index contributed by atoms with van der Waals surface area (Å²) in [6.45, 7) is 0. The van der Waals surface area contributed by atoms with Crippen molar-refractivity contribution in [2.45, 2.75) is 31.0 Å². The van der Waals surface area contributed by atoms with E-state index in [1.54, 1.807) is 24.4 Å². The van der Waals surface area contributed by atoms with Gasteiger partial charge >= 0.3 is 6.18 Å². The summed E-state index contributed by atoms with van der Waals surface area (Å²) in [5.74, 6) is 0.556. The summed E-state index contributed by atoms with van der Waals surface area (Å²) in [6.07, 6.45) is 0.359. The van der Waals surface area contributed by atoms with Gasteiger partial charge < -0.3 is 15.0 Å². The molecule has 2 aromatic carbocycles. The fourth-order valence-corrected chi connectivity index (χ4v) is 3.92. The van der Waals surface area contributed by atoms with E-state index in [-0.39, 0.29) is 17.9 Å². The van der Waals surface area contributed by atoms with E-state index in [9.17, 15) is 18.0 Å². The van der Waals surface area contributed by atoms with E-state index in [0.717, 1.165) is 41.4 Å². The van der Waals surface area contributed by atoms with Crippen molar-refractivity contribution in [2.24, 2.45) is 0 Å². The van der Waals surface area contributed by atoms with Crippen molar-refractivity contribution in [1.82, 2.24) is 15.2 Å². The van der Waals surface area contributed by atoms with Gasteiger partial charge in [-0.25, -0.2) is 0 Å². The van der Waals surface area contributed by atoms with E-state index >= 15 is 0 Å². The van der Waals surface area contributed by atoms with E-state index in [1.165, 1.54) is 6.20 Å². The number of ether oxygens (including phenoxy) is 1. The van der Waals surface area contributed by atoms with E-state index in [2.05, 4.69) is 20.5 Å². The van der Waals surface area contributed by atoms with Crippen LogP contribution in [0.1, 0.15) is 40.4 Å². The molecule has 0 spiro atoms. The topological polar surface area (TPSA) is 82.8 Å². The van der Waals surface area contributed by atoms with Crippen LogP contribution in [0.5, 0.6) is 5.75 Å². The van der Waals surface area contributed by atoms with E-state index in [1.807, 2.05) is 18.2 Å². The second-order valence-electron chi connectivity index (χ2n) is 7.86. The van der Waals surface area contributed by atoms with Crippen molar-refractivity contribution < 1.29 is 22.7 Å². The average molecular weight is 440 g/mol. The van der Waals surface area contributed by atoms with Crippen LogP contribution in [0.3, 0.4) is 0 Å². The molecule has 6 nitrogen and oxygen atoms in total. The second kappa shape index (κ2) is 7.74. The van der Waals surface area contributed by atoms with Crippen molar-refractivity contribution in [3.05, 3.63) is 77.7 Å². The smallest absolute Gasteiger partial charge is 0.416 e. The molecule has 4 aromatic rings. The maximum atomic E-state index is 12.7. The number of rotatable bonds is 5. The first-order chi connectivity index (χ1) is 15.4. The van der Waals surface area contributed by atoms with Gasteiger partial charge in [0.2, 0.25) is 0 Å². The number of halogens is 3. The predicted molar refractivity (Wildman–Crippen MR) is 113 cm³/mol. The number of carbonyl (C=O) groups is 1. The monoisotopic (exact) mass is 440 g/mol. The predicted octanol–water partition coefficient (Wildman–Crippen LogP) is 5.49. The number of hydrogen-bond donors (Lipinski definition) is 3. The largest absolute Gasteiger partial charge is 0.490 e. The minimum Gasteiger partial charge on any atom is -0.490 e. The Morgan fingerprint density at radius 1 is 1.09 bits per heavy atom. The zero-order valence-electron chi connectivity index (χ0n) is 16.7. The molecule has 0 saturated heterocycles. The molecular formula is C23H19F3N4O2. The molecule has 1 saturated carbocycles. The van der Waals surface area contributed by atoms with Crippen molar-refractivity contribution in [1.29, 1.82) is 0 Å². The van der Waals surface area contributed by atoms with Crippen LogP contribution < -0.4 is 10.1 Å².